The normalized spacial score (nSPS) is 12.1. The third-order valence-corrected chi connectivity index (χ3v) is 2.96. The standard InChI is InChI=1S/C13H27N3O2/c1-5-16(6-2)13(18)10-15(4)12(17)9-7-8-11(3)14/h11H,5-10,14H2,1-4H3. The van der Waals surface area contributed by atoms with Crippen molar-refractivity contribution in [3.63, 3.8) is 0 Å². The summed E-state index contributed by atoms with van der Waals surface area (Å²) >= 11 is 0. The quantitative estimate of drug-likeness (QED) is 0.700. The summed E-state index contributed by atoms with van der Waals surface area (Å²) in [5, 5.41) is 0. The molecule has 5 nitrogen and oxygen atoms in total. The molecule has 1 atom stereocenters. The van der Waals surface area contributed by atoms with Gasteiger partial charge < -0.3 is 15.5 Å². The van der Waals surface area contributed by atoms with E-state index >= 15 is 0 Å². The predicted molar refractivity (Wildman–Crippen MR) is 73.1 cm³/mol. The van der Waals surface area contributed by atoms with Gasteiger partial charge in [0.05, 0.1) is 6.54 Å². The van der Waals surface area contributed by atoms with Gasteiger partial charge in [0.1, 0.15) is 0 Å². The van der Waals surface area contributed by atoms with Gasteiger partial charge in [-0.05, 0) is 33.6 Å². The lowest BCUT2D eigenvalue weighted by Crippen LogP contribution is -2.41. The van der Waals surface area contributed by atoms with E-state index in [1.54, 1.807) is 11.9 Å². The Labute approximate surface area is 110 Å². The molecule has 0 fully saturated rings. The molecule has 5 heteroatoms. The molecule has 0 aromatic heterocycles. The molecule has 1 unspecified atom stereocenters. The number of carbonyl (C=O) groups excluding carboxylic acids is 2. The average molecular weight is 257 g/mol. The highest BCUT2D eigenvalue weighted by Gasteiger charge is 2.16. The van der Waals surface area contributed by atoms with Gasteiger partial charge in [0, 0.05) is 32.6 Å². The maximum Gasteiger partial charge on any atom is 0.242 e. The Morgan fingerprint density at radius 3 is 2.17 bits per heavy atom. The van der Waals surface area contributed by atoms with Crippen molar-refractivity contribution in [3.8, 4) is 0 Å². The van der Waals surface area contributed by atoms with E-state index in [9.17, 15) is 9.59 Å². The van der Waals surface area contributed by atoms with E-state index in [2.05, 4.69) is 0 Å². The van der Waals surface area contributed by atoms with Crippen LogP contribution in [-0.2, 0) is 9.59 Å². The first-order valence-corrected chi connectivity index (χ1v) is 6.69. The van der Waals surface area contributed by atoms with E-state index in [1.807, 2.05) is 20.8 Å². The zero-order valence-corrected chi connectivity index (χ0v) is 12.1. The van der Waals surface area contributed by atoms with Crippen LogP contribution >= 0.6 is 0 Å². The zero-order chi connectivity index (χ0) is 14.1. The fourth-order valence-electron chi connectivity index (χ4n) is 1.73. The van der Waals surface area contributed by atoms with Gasteiger partial charge in [-0.1, -0.05) is 0 Å². The maximum atomic E-state index is 11.8. The third kappa shape index (κ3) is 6.59. The van der Waals surface area contributed by atoms with Gasteiger partial charge in [-0.2, -0.15) is 0 Å². The Hall–Kier alpha value is -1.10. The summed E-state index contributed by atoms with van der Waals surface area (Å²) in [6.45, 7) is 7.33. The van der Waals surface area contributed by atoms with E-state index < -0.39 is 0 Å². The molecule has 106 valence electrons. The summed E-state index contributed by atoms with van der Waals surface area (Å²) in [4.78, 5) is 26.8. The average Bonchev–Trinajstić information content (AvgIpc) is 2.29. The van der Waals surface area contributed by atoms with Crippen molar-refractivity contribution in [2.45, 2.75) is 46.1 Å². The molecule has 0 saturated carbocycles. The van der Waals surface area contributed by atoms with Crippen molar-refractivity contribution in [2.24, 2.45) is 5.73 Å². The molecule has 0 aromatic carbocycles. The molecule has 0 radical (unpaired) electrons. The monoisotopic (exact) mass is 257 g/mol. The highest BCUT2D eigenvalue weighted by Crippen LogP contribution is 2.02. The summed E-state index contributed by atoms with van der Waals surface area (Å²) in [5.41, 5.74) is 5.63. The molecule has 0 aliphatic rings. The van der Waals surface area contributed by atoms with Crippen LogP contribution < -0.4 is 5.73 Å². The van der Waals surface area contributed by atoms with Crippen LogP contribution in [0.15, 0.2) is 0 Å². The van der Waals surface area contributed by atoms with Crippen molar-refractivity contribution in [3.05, 3.63) is 0 Å². The SMILES string of the molecule is CCN(CC)C(=O)CN(C)C(=O)CCCC(C)N. The molecule has 0 heterocycles. The van der Waals surface area contributed by atoms with E-state index in [1.165, 1.54) is 4.90 Å². The molecule has 0 aliphatic carbocycles. The molecular formula is C13H27N3O2. The second kappa shape index (κ2) is 8.91. The molecule has 0 saturated heterocycles. The van der Waals surface area contributed by atoms with Gasteiger partial charge in [-0.15, -0.1) is 0 Å². The van der Waals surface area contributed by atoms with Crippen LogP contribution in [0.4, 0.5) is 0 Å². The molecule has 0 aliphatic heterocycles. The molecule has 0 rings (SSSR count). The highest BCUT2D eigenvalue weighted by molar-refractivity contribution is 5.84. The second-order valence-electron chi connectivity index (χ2n) is 4.69. The first-order valence-electron chi connectivity index (χ1n) is 6.69. The summed E-state index contributed by atoms with van der Waals surface area (Å²) in [6.07, 6.45) is 2.08. The van der Waals surface area contributed by atoms with E-state index in [0.29, 0.717) is 19.5 Å². The van der Waals surface area contributed by atoms with Gasteiger partial charge in [0.25, 0.3) is 0 Å². The molecule has 0 bridgehead atoms. The summed E-state index contributed by atoms with van der Waals surface area (Å²) in [7, 11) is 1.68. The van der Waals surface area contributed by atoms with Crippen LogP contribution in [0.5, 0.6) is 0 Å². The van der Waals surface area contributed by atoms with Gasteiger partial charge in [-0.25, -0.2) is 0 Å². The third-order valence-electron chi connectivity index (χ3n) is 2.96. The van der Waals surface area contributed by atoms with Crippen molar-refractivity contribution < 1.29 is 9.59 Å². The van der Waals surface area contributed by atoms with Crippen molar-refractivity contribution in [1.82, 2.24) is 9.80 Å². The molecule has 0 spiro atoms. The molecule has 2 N–H and O–H groups in total. The van der Waals surface area contributed by atoms with Gasteiger partial charge in [0.2, 0.25) is 11.8 Å². The number of carbonyl (C=O) groups is 2. The Morgan fingerprint density at radius 2 is 1.72 bits per heavy atom. The van der Waals surface area contributed by atoms with Gasteiger partial charge in [-0.3, -0.25) is 9.59 Å². The van der Waals surface area contributed by atoms with Crippen molar-refractivity contribution in [1.29, 1.82) is 0 Å². The van der Waals surface area contributed by atoms with Crippen LogP contribution in [0, 0.1) is 0 Å². The highest BCUT2D eigenvalue weighted by atomic mass is 16.2. The lowest BCUT2D eigenvalue weighted by Gasteiger charge is -2.23. The number of nitrogens with zero attached hydrogens (tertiary/aromatic N) is 2. The van der Waals surface area contributed by atoms with Crippen LogP contribution in [0.25, 0.3) is 0 Å². The summed E-state index contributed by atoms with van der Waals surface area (Å²) in [5.74, 6) is 0.0131. The molecule has 2 amide bonds. The fraction of sp³-hybridized carbons (Fsp3) is 0.846. The smallest absolute Gasteiger partial charge is 0.242 e. The number of nitrogens with two attached hydrogens (primary N) is 1. The Kier molecular flexibility index (Phi) is 8.37. The number of hydrogen-bond donors (Lipinski definition) is 1. The Balaban J connectivity index is 4.03. The van der Waals surface area contributed by atoms with E-state index in [-0.39, 0.29) is 24.4 Å². The summed E-state index contributed by atoms with van der Waals surface area (Å²) < 4.78 is 0. The minimum absolute atomic E-state index is 0.00282. The minimum atomic E-state index is 0.00282. The van der Waals surface area contributed by atoms with Crippen LogP contribution in [0.1, 0.15) is 40.0 Å². The van der Waals surface area contributed by atoms with Gasteiger partial charge >= 0.3 is 0 Å². The number of rotatable bonds is 8. The Morgan fingerprint density at radius 1 is 1.17 bits per heavy atom. The number of likely N-dealkylation sites (N-methyl/N-ethyl adjacent to an activating group) is 2. The fourth-order valence-corrected chi connectivity index (χ4v) is 1.73. The minimum Gasteiger partial charge on any atom is -0.342 e. The van der Waals surface area contributed by atoms with Crippen LogP contribution in [0.3, 0.4) is 0 Å². The molecule has 0 aromatic rings. The first kappa shape index (κ1) is 16.9. The summed E-state index contributed by atoms with van der Waals surface area (Å²) in [6, 6.07) is 0.125. The zero-order valence-electron chi connectivity index (χ0n) is 12.1. The second-order valence-corrected chi connectivity index (χ2v) is 4.69. The first-order chi connectivity index (χ1) is 8.42. The van der Waals surface area contributed by atoms with E-state index in [4.69, 9.17) is 5.73 Å². The largest absolute Gasteiger partial charge is 0.342 e. The number of hydrogen-bond acceptors (Lipinski definition) is 3. The van der Waals surface area contributed by atoms with Crippen LogP contribution in [0.2, 0.25) is 0 Å². The predicted octanol–water partition coefficient (Wildman–Crippen LogP) is 0.831. The topological polar surface area (TPSA) is 66.6 Å². The lowest BCUT2D eigenvalue weighted by molar-refractivity contribution is -0.139. The lowest BCUT2D eigenvalue weighted by atomic mass is 10.1. The molecule has 18 heavy (non-hydrogen) atoms. The molecular weight excluding hydrogens is 230 g/mol. The van der Waals surface area contributed by atoms with Crippen molar-refractivity contribution in [2.75, 3.05) is 26.7 Å². The van der Waals surface area contributed by atoms with Crippen LogP contribution in [-0.4, -0.2) is 54.3 Å². The maximum absolute atomic E-state index is 11.8. The number of amides is 2. The van der Waals surface area contributed by atoms with Crippen molar-refractivity contribution >= 4 is 11.8 Å². The van der Waals surface area contributed by atoms with Gasteiger partial charge in [0.15, 0.2) is 0 Å². The Bertz CT molecular complexity index is 263. The van der Waals surface area contributed by atoms with E-state index in [0.717, 1.165) is 12.8 Å².